The molecule has 0 fully saturated rings. The van der Waals surface area contributed by atoms with Crippen LogP contribution in [0.1, 0.15) is 26.3 Å². The molecule has 0 radical (unpaired) electrons. The van der Waals surface area contributed by atoms with Crippen LogP contribution in [0.4, 0.5) is 0 Å². The number of aliphatic hydroxyl groups is 1. The molecular weight excluding hydrogens is 308 g/mol. The molecule has 106 valence electrons. The van der Waals surface area contributed by atoms with Crippen LogP contribution >= 0.6 is 15.9 Å². The smallest absolute Gasteiger partial charge is 0.175 e. The van der Waals surface area contributed by atoms with Crippen molar-refractivity contribution in [2.45, 2.75) is 20.8 Å². The molecule has 0 spiro atoms. The van der Waals surface area contributed by atoms with E-state index in [-0.39, 0.29) is 6.61 Å². The summed E-state index contributed by atoms with van der Waals surface area (Å²) in [5, 5.41) is 9.36. The first-order valence-corrected chi connectivity index (χ1v) is 7.14. The maximum absolute atomic E-state index is 9.36. The lowest BCUT2D eigenvalue weighted by Crippen LogP contribution is -2.00. The summed E-state index contributed by atoms with van der Waals surface area (Å²) in [5.41, 5.74) is 1.96. The standard InChI is InChI=1S/C15H21BrO3/c1-5-19-15-13(16)7-11(8-14(15)18-4)6-12(9-17)10(2)3/h6-8,10,17H,5,9H2,1-4H3. The van der Waals surface area contributed by atoms with Gasteiger partial charge in [0.15, 0.2) is 11.5 Å². The lowest BCUT2D eigenvalue weighted by atomic mass is 10.0. The molecule has 1 aromatic rings. The Hall–Kier alpha value is -1.00. The first-order chi connectivity index (χ1) is 9.03. The minimum absolute atomic E-state index is 0.0603. The Kier molecular flexibility index (Phi) is 6.38. The van der Waals surface area contributed by atoms with E-state index >= 15 is 0 Å². The van der Waals surface area contributed by atoms with E-state index in [1.165, 1.54) is 0 Å². The number of benzene rings is 1. The average molecular weight is 329 g/mol. The number of halogens is 1. The summed E-state index contributed by atoms with van der Waals surface area (Å²) in [7, 11) is 1.62. The summed E-state index contributed by atoms with van der Waals surface area (Å²) in [6, 6.07) is 3.87. The third-order valence-electron chi connectivity index (χ3n) is 2.82. The summed E-state index contributed by atoms with van der Waals surface area (Å²) in [6.45, 7) is 6.69. The predicted molar refractivity (Wildman–Crippen MR) is 81.8 cm³/mol. The van der Waals surface area contributed by atoms with E-state index in [4.69, 9.17) is 9.47 Å². The SMILES string of the molecule is CCOc1c(Br)cc(C=C(CO)C(C)C)cc1OC. The van der Waals surface area contributed by atoms with Crippen molar-refractivity contribution in [3.05, 3.63) is 27.7 Å². The molecule has 0 aliphatic heterocycles. The van der Waals surface area contributed by atoms with Gasteiger partial charge in [0, 0.05) is 0 Å². The lowest BCUT2D eigenvalue weighted by Gasteiger charge is -2.13. The quantitative estimate of drug-likeness (QED) is 0.861. The van der Waals surface area contributed by atoms with Gasteiger partial charge in [-0.25, -0.2) is 0 Å². The largest absolute Gasteiger partial charge is 0.493 e. The zero-order chi connectivity index (χ0) is 14.4. The Labute approximate surface area is 123 Å². The highest BCUT2D eigenvalue weighted by Gasteiger charge is 2.11. The zero-order valence-electron chi connectivity index (χ0n) is 11.9. The summed E-state index contributed by atoms with van der Waals surface area (Å²) in [4.78, 5) is 0. The van der Waals surface area contributed by atoms with Crippen LogP contribution in [-0.4, -0.2) is 25.4 Å². The minimum Gasteiger partial charge on any atom is -0.493 e. The van der Waals surface area contributed by atoms with E-state index in [0.29, 0.717) is 24.0 Å². The molecule has 0 amide bonds. The third-order valence-corrected chi connectivity index (χ3v) is 3.41. The molecule has 0 aromatic heterocycles. The molecule has 4 heteroatoms. The van der Waals surface area contributed by atoms with Gasteiger partial charge in [-0.15, -0.1) is 0 Å². The monoisotopic (exact) mass is 328 g/mol. The fraction of sp³-hybridized carbons (Fsp3) is 0.467. The molecule has 0 unspecified atom stereocenters. The van der Waals surface area contributed by atoms with E-state index in [9.17, 15) is 5.11 Å². The van der Waals surface area contributed by atoms with Crippen LogP contribution in [0.5, 0.6) is 11.5 Å². The second-order valence-corrected chi connectivity index (χ2v) is 5.35. The minimum atomic E-state index is 0.0603. The highest BCUT2D eigenvalue weighted by atomic mass is 79.9. The topological polar surface area (TPSA) is 38.7 Å². The molecule has 0 bridgehead atoms. The van der Waals surface area contributed by atoms with E-state index in [1.807, 2.05) is 25.1 Å². The molecule has 0 atom stereocenters. The fourth-order valence-corrected chi connectivity index (χ4v) is 2.29. The summed E-state index contributed by atoms with van der Waals surface area (Å²) in [5.74, 6) is 1.70. The third kappa shape index (κ3) is 4.25. The fourth-order valence-electron chi connectivity index (χ4n) is 1.72. The van der Waals surface area contributed by atoms with E-state index in [2.05, 4.69) is 29.8 Å². The van der Waals surface area contributed by atoms with Crippen LogP contribution in [-0.2, 0) is 0 Å². The highest BCUT2D eigenvalue weighted by molar-refractivity contribution is 9.10. The normalized spacial score (nSPS) is 11.8. The Morgan fingerprint density at radius 3 is 2.58 bits per heavy atom. The molecule has 0 aliphatic rings. The second kappa shape index (κ2) is 7.56. The van der Waals surface area contributed by atoms with Crippen molar-refractivity contribution in [2.75, 3.05) is 20.3 Å². The Morgan fingerprint density at radius 1 is 1.42 bits per heavy atom. The van der Waals surface area contributed by atoms with Gasteiger partial charge in [-0.05, 0) is 52.0 Å². The zero-order valence-corrected chi connectivity index (χ0v) is 13.5. The molecule has 1 aromatic carbocycles. The van der Waals surface area contributed by atoms with Crippen LogP contribution in [0.2, 0.25) is 0 Å². The lowest BCUT2D eigenvalue weighted by molar-refractivity contribution is 0.309. The number of methoxy groups -OCH3 is 1. The molecular formula is C15H21BrO3. The van der Waals surface area contributed by atoms with Crippen molar-refractivity contribution >= 4 is 22.0 Å². The molecule has 19 heavy (non-hydrogen) atoms. The van der Waals surface area contributed by atoms with Gasteiger partial charge < -0.3 is 14.6 Å². The van der Waals surface area contributed by atoms with Gasteiger partial charge in [0.25, 0.3) is 0 Å². The summed E-state index contributed by atoms with van der Waals surface area (Å²) in [6.07, 6.45) is 1.98. The van der Waals surface area contributed by atoms with Crippen LogP contribution in [0, 0.1) is 5.92 Å². The molecule has 0 saturated carbocycles. The number of ether oxygens (including phenoxy) is 2. The second-order valence-electron chi connectivity index (χ2n) is 4.50. The van der Waals surface area contributed by atoms with Gasteiger partial charge in [-0.3, -0.25) is 0 Å². The summed E-state index contributed by atoms with van der Waals surface area (Å²) >= 11 is 3.49. The van der Waals surface area contributed by atoms with Crippen molar-refractivity contribution < 1.29 is 14.6 Å². The van der Waals surface area contributed by atoms with Crippen LogP contribution < -0.4 is 9.47 Å². The van der Waals surface area contributed by atoms with Gasteiger partial charge in [0.2, 0.25) is 0 Å². The van der Waals surface area contributed by atoms with Gasteiger partial charge in [0.05, 0.1) is 24.8 Å². The first kappa shape index (κ1) is 16.1. The summed E-state index contributed by atoms with van der Waals surface area (Å²) < 4.78 is 11.7. The van der Waals surface area contributed by atoms with Gasteiger partial charge in [0.1, 0.15) is 0 Å². The molecule has 0 heterocycles. The first-order valence-electron chi connectivity index (χ1n) is 6.35. The Bertz CT molecular complexity index is 453. The predicted octanol–water partition coefficient (Wildman–Crippen LogP) is 3.89. The number of rotatable bonds is 6. The van der Waals surface area contributed by atoms with E-state index < -0.39 is 0 Å². The van der Waals surface area contributed by atoms with Crippen LogP contribution in [0.25, 0.3) is 6.08 Å². The van der Waals surface area contributed by atoms with Crippen LogP contribution in [0.15, 0.2) is 22.2 Å². The molecule has 0 saturated heterocycles. The number of hydrogen-bond acceptors (Lipinski definition) is 3. The van der Waals surface area contributed by atoms with Gasteiger partial charge >= 0.3 is 0 Å². The van der Waals surface area contributed by atoms with Crippen molar-refractivity contribution in [1.29, 1.82) is 0 Å². The number of aliphatic hydroxyl groups excluding tert-OH is 1. The van der Waals surface area contributed by atoms with Crippen molar-refractivity contribution in [2.24, 2.45) is 5.92 Å². The molecule has 1 N–H and O–H groups in total. The van der Waals surface area contributed by atoms with Crippen molar-refractivity contribution in [3.63, 3.8) is 0 Å². The van der Waals surface area contributed by atoms with Crippen molar-refractivity contribution in [1.82, 2.24) is 0 Å². The van der Waals surface area contributed by atoms with Gasteiger partial charge in [-0.1, -0.05) is 19.9 Å². The molecule has 3 nitrogen and oxygen atoms in total. The Balaban J connectivity index is 3.21. The average Bonchev–Trinajstić information content (AvgIpc) is 2.38. The van der Waals surface area contributed by atoms with Crippen LogP contribution in [0.3, 0.4) is 0 Å². The highest BCUT2D eigenvalue weighted by Crippen LogP contribution is 2.37. The Morgan fingerprint density at radius 2 is 2.11 bits per heavy atom. The van der Waals surface area contributed by atoms with E-state index in [1.54, 1.807) is 7.11 Å². The number of hydrogen-bond donors (Lipinski definition) is 1. The van der Waals surface area contributed by atoms with Gasteiger partial charge in [-0.2, -0.15) is 0 Å². The molecule has 1 rings (SSSR count). The van der Waals surface area contributed by atoms with E-state index in [0.717, 1.165) is 15.6 Å². The maximum atomic E-state index is 9.36. The van der Waals surface area contributed by atoms with Crippen molar-refractivity contribution in [3.8, 4) is 11.5 Å². The maximum Gasteiger partial charge on any atom is 0.175 e. The molecule has 0 aliphatic carbocycles.